The molecule has 0 radical (unpaired) electrons. The van der Waals surface area contributed by atoms with E-state index >= 15 is 0 Å². The van der Waals surface area contributed by atoms with Gasteiger partial charge in [0, 0.05) is 35.0 Å². The van der Waals surface area contributed by atoms with Crippen LogP contribution >= 0.6 is 0 Å². The highest BCUT2D eigenvalue weighted by Gasteiger charge is 2.28. The van der Waals surface area contributed by atoms with Crippen molar-refractivity contribution in [2.75, 3.05) is 0 Å². The van der Waals surface area contributed by atoms with Crippen molar-refractivity contribution in [3.8, 4) is 16.9 Å². The number of hydrogen-bond acceptors (Lipinski definition) is 5. The lowest BCUT2D eigenvalue weighted by molar-refractivity contribution is -0.114. The SMILES string of the molecule is CC(C)(C)c1ccc2c(c1)/C(=C\NCc1ccc(-c3ccoc3)c(O)c1)C(=O)NC2=O. The van der Waals surface area contributed by atoms with Gasteiger partial charge in [-0.3, -0.25) is 14.9 Å². The zero-order valence-corrected chi connectivity index (χ0v) is 17.7. The van der Waals surface area contributed by atoms with Crippen LogP contribution in [0.15, 0.2) is 65.6 Å². The van der Waals surface area contributed by atoms with Crippen molar-refractivity contribution in [3.05, 3.63) is 83.4 Å². The van der Waals surface area contributed by atoms with Crippen LogP contribution in [0.3, 0.4) is 0 Å². The lowest BCUT2D eigenvalue weighted by atomic mass is 9.83. The summed E-state index contributed by atoms with van der Waals surface area (Å²) >= 11 is 0. The summed E-state index contributed by atoms with van der Waals surface area (Å²) in [6, 6.07) is 12.8. The van der Waals surface area contributed by atoms with Gasteiger partial charge in [-0.05, 0) is 40.8 Å². The maximum atomic E-state index is 12.5. The van der Waals surface area contributed by atoms with Crippen molar-refractivity contribution < 1.29 is 19.1 Å². The standard InChI is InChI=1S/C25H24N2O4/c1-25(2,3)17-5-7-19-20(11-17)21(24(30)27-23(19)29)13-26-12-15-4-6-18(22(28)10-15)16-8-9-31-14-16/h4-11,13-14,26,28H,12H2,1-3H3,(H,27,29,30)/b21-13+. The molecule has 0 fully saturated rings. The number of fused-ring (bicyclic) bond motifs is 1. The van der Waals surface area contributed by atoms with Gasteiger partial charge in [0.15, 0.2) is 0 Å². The molecule has 6 heteroatoms. The molecule has 3 aromatic rings. The van der Waals surface area contributed by atoms with Crippen molar-refractivity contribution in [3.63, 3.8) is 0 Å². The zero-order chi connectivity index (χ0) is 22.2. The summed E-state index contributed by atoms with van der Waals surface area (Å²) in [6.45, 7) is 6.65. The Bertz CT molecular complexity index is 1180. The fourth-order valence-corrected chi connectivity index (χ4v) is 3.55. The molecule has 2 heterocycles. The number of benzene rings is 2. The molecule has 158 valence electrons. The van der Waals surface area contributed by atoms with Crippen LogP contribution in [-0.4, -0.2) is 16.9 Å². The molecule has 0 bridgehead atoms. The van der Waals surface area contributed by atoms with E-state index in [1.54, 1.807) is 36.9 Å². The summed E-state index contributed by atoms with van der Waals surface area (Å²) in [5.41, 5.74) is 4.75. The Balaban J connectivity index is 1.58. The number of hydrogen-bond donors (Lipinski definition) is 3. The summed E-state index contributed by atoms with van der Waals surface area (Å²) in [5.74, 6) is -0.680. The van der Waals surface area contributed by atoms with Crippen molar-refractivity contribution in [2.24, 2.45) is 0 Å². The molecule has 0 saturated carbocycles. The molecule has 0 unspecified atom stereocenters. The van der Waals surface area contributed by atoms with Gasteiger partial charge in [0.05, 0.1) is 18.1 Å². The minimum Gasteiger partial charge on any atom is -0.507 e. The Morgan fingerprint density at radius 1 is 1.00 bits per heavy atom. The Hall–Kier alpha value is -3.80. The smallest absolute Gasteiger partial charge is 0.260 e. The first-order chi connectivity index (χ1) is 14.7. The number of carbonyl (C=O) groups excluding carboxylic acids is 2. The largest absolute Gasteiger partial charge is 0.507 e. The summed E-state index contributed by atoms with van der Waals surface area (Å²) < 4.78 is 5.07. The van der Waals surface area contributed by atoms with E-state index in [0.717, 1.165) is 16.7 Å². The first kappa shape index (κ1) is 20.5. The van der Waals surface area contributed by atoms with Crippen molar-refractivity contribution in [1.82, 2.24) is 10.6 Å². The summed E-state index contributed by atoms with van der Waals surface area (Å²) in [4.78, 5) is 24.8. The van der Waals surface area contributed by atoms with Crippen molar-refractivity contribution in [2.45, 2.75) is 32.7 Å². The van der Waals surface area contributed by atoms with Crippen LogP contribution in [0.4, 0.5) is 0 Å². The molecule has 1 aliphatic rings. The van der Waals surface area contributed by atoms with Gasteiger partial charge in [0.2, 0.25) is 0 Å². The van der Waals surface area contributed by atoms with E-state index in [4.69, 9.17) is 4.42 Å². The van der Waals surface area contributed by atoms with Gasteiger partial charge in [-0.15, -0.1) is 0 Å². The van der Waals surface area contributed by atoms with Crippen LogP contribution in [0, 0.1) is 0 Å². The summed E-state index contributed by atoms with van der Waals surface area (Å²) in [6.07, 6.45) is 4.75. The Kier molecular flexibility index (Phi) is 5.15. The molecular weight excluding hydrogens is 392 g/mol. The number of nitrogens with one attached hydrogen (secondary N) is 2. The van der Waals surface area contributed by atoms with E-state index in [0.29, 0.717) is 28.8 Å². The number of amides is 2. The van der Waals surface area contributed by atoms with E-state index < -0.39 is 11.8 Å². The predicted molar refractivity (Wildman–Crippen MR) is 118 cm³/mol. The molecule has 1 aliphatic heterocycles. The monoisotopic (exact) mass is 416 g/mol. The highest BCUT2D eigenvalue weighted by atomic mass is 16.3. The molecule has 4 rings (SSSR count). The van der Waals surface area contributed by atoms with Gasteiger partial charge in [0.1, 0.15) is 5.75 Å². The highest BCUT2D eigenvalue weighted by Crippen LogP contribution is 2.31. The first-order valence-electron chi connectivity index (χ1n) is 10.0. The Morgan fingerprint density at radius 2 is 1.77 bits per heavy atom. The second-order valence-electron chi connectivity index (χ2n) is 8.60. The van der Waals surface area contributed by atoms with E-state index in [1.165, 1.54) is 0 Å². The molecule has 1 aromatic heterocycles. The Labute approximate surface area is 180 Å². The third-order valence-electron chi connectivity index (χ3n) is 5.34. The summed E-state index contributed by atoms with van der Waals surface area (Å²) in [5, 5.41) is 15.9. The minimum atomic E-state index is -0.436. The lowest BCUT2D eigenvalue weighted by Crippen LogP contribution is -2.37. The zero-order valence-electron chi connectivity index (χ0n) is 17.7. The third kappa shape index (κ3) is 4.10. The number of furan rings is 1. The van der Waals surface area contributed by atoms with Crippen LogP contribution in [0.1, 0.15) is 47.8 Å². The number of aromatic hydroxyl groups is 1. The van der Waals surface area contributed by atoms with Gasteiger partial charge in [-0.2, -0.15) is 0 Å². The third-order valence-corrected chi connectivity index (χ3v) is 5.34. The summed E-state index contributed by atoms with van der Waals surface area (Å²) in [7, 11) is 0. The van der Waals surface area contributed by atoms with Gasteiger partial charge in [0.25, 0.3) is 11.8 Å². The van der Waals surface area contributed by atoms with Crippen LogP contribution < -0.4 is 10.6 Å². The van der Waals surface area contributed by atoms with Gasteiger partial charge in [-0.1, -0.05) is 39.0 Å². The first-order valence-corrected chi connectivity index (χ1v) is 10.0. The topological polar surface area (TPSA) is 91.6 Å². The van der Waals surface area contributed by atoms with Crippen LogP contribution in [0.5, 0.6) is 5.75 Å². The molecule has 2 amide bonds. The van der Waals surface area contributed by atoms with Crippen molar-refractivity contribution in [1.29, 1.82) is 0 Å². The van der Waals surface area contributed by atoms with E-state index in [1.807, 2.05) is 24.3 Å². The quantitative estimate of drug-likeness (QED) is 0.434. The van der Waals surface area contributed by atoms with Gasteiger partial charge >= 0.3 is 0 Å². The number of phenolic OH excluding ortho intramolecular Hbond substituents is 1. The molecular formula is C25H24N2O4. The molecule has 3 N–H and O–H groups in total. The molecule has 0 aliphatic carbocycles. The average Bonchev–Trinajstić information content (AvgIpc) is 3.24. The Morgan fingerprint density at radius 3 is 2.45 bits per heavy atom. The second-order valence-corrected chi connectivity index (χ2v) is 8.60. The molecule has 0 atom stereocenters. The molecule has 6 nitrogen and oxygen atoms in total. The maximum Gasteiger partial charge on any atom is 0.260 e. The van der Waals surface area contributed by atoms with Crippen LogP contribution in [-0.2, 0) is 16.8 Å². The molecule has 2 aromatic carbocycles. The maximum absolute atomic E-state index is 12.5. The average molecular weight is 416 g/mol. The molecule has 0 saturated heterocycles. The second kappa shape index (κ2) is 7.80. The van der Waals surface area contributed by atoms with E-state index in [-0.39, 0.29) is 11.2 Å². The predicted octanol–water partition coefficient (Wildman–Crippen LogP) is 4.35. The van der Waals surface area contributed by atoms with Crippen LogP contribution in [0.25, 0.3) is 16.7 Å². The number of imide groups is 1. The molecule has 31 heavy (non-hydrogen) atoms. The minimum absolute atomic E-state index is 0.112. The lowest BCUT2D eigenvalue weighted by Gasteiger charge is -2.24. The molecule has 0 spiro atoms. The van der Waals surface area contributed by atoms with E-state index in [9.17, 15) is 14.7 Å². The van der Waals surface area contributed by atoms with Gasteiger partial charge in [-0.25, -0.2) is 0 Å². The van der Waals surface area contributed by atoms with Crippen LogP contribution in [0.2, 0.25) is 0 Å². The number of phenols is 1. The normalized spacial score (nSPS) is 15.0. The van der Waals surface area contributed by atoms with Crippen molar-refractivity contribution >= 4 is 17.4 Å². The van der Waals surface area contributed by atoms with Gasteiger partial charge < -0.3 is 14.8 Å². The number of carbonyl (C=O) groups is 2. The highest BCUT2D eigenvalue weighted by molar-refractivity contribution is 6.31. The van der Waals surface area contributed by atoms with E-state index in [2.05, 4.69) is 31.4 Å². The fraction of sp³-hybridized carbons (Fsp3) is 0.200. The number of rotatable bonds is 4. The fourth-order valence-electron chi connectivity index (χ4n) is 3.55.